The smallest absolute Gasteiger partial charge is 0.249 e. The van der Waals surface area contributed by atoms with Crippen LogP contribution in [0.4, 0.5) is 4.39 Å². The van der Waals surface area contributed by atoms with Crippen molar-refractivity contribution in [2.45, 2.75) is 25.3 Å². The van der Waals surface area contributed by atoms with Crippen molar-refractivity contribution in [3.63, 3.8) is 0 Å². The maximum absolute atomic E-state index is 13.3. The molecule has 8 heteroatoms. The number of amides is 2. The Labute approximate surface area is 185 Å². The van der Waals surface area contributed by atoms with E-state index in [9.17, 15) is 14.0 Å². The number of carbonyl (C=O) groups excluding carboxylic acids is 2. The Balaban J connectivity index is 1.48. The quantitative estimate of drug-likeness (QED) is 0.593. The predicted molar refractivity (Wildman–Crippen MR) is 116 cm³/mol. The molecule has 6 nitrogen and oxygen atoms in total. The van der Waals surface area contributed by atoms with Crippen molar-refractivity contribution >= 4 is 23.2 Å². The molecule has 1 aromatic heterocycles. The zero-order chi connectivity index (χ0) is 21.8. The van der Waals surface area contributed by atoms with Gasteiger partial charge >= 0.3 is 0 Å². The van der Waals surface area contributed by atoms with E-state index in [0.717, 1.165) is 24.8 Å². The van der Waals surface area contributed by atoms with Gasteiger partial charge in [0.1, 0.15) is 24.8 Å². The van der Waals surface area contributed by atoms with Gasteiger partial charge in [0, 0.05) is 25.1 Å². The number of benzene rings is 1. The molecule has 2 aromatic rings. The van der Waals surface area contributed by atoms with Crippen LogP contribution < -0.4 is 4.74 Å². The zero-order valence-electron chi connectivity index (χ0n) is 17.6. The number of methoxy groups -OCH3 is 1. The summed E-state index contributed by atoms with van der Waals surface area (Å²) in [5, 5.41) is 2.03. The largest absolute Gasteiger partial charge is 0.491 e. The first-order valence-electron chi connectivity index (χ1n) is 10.6. The summed E-state index contributed by atoms with van der Waals surface area (Å²) in [7, 11) is 1.49. The average molecular weight is 447 g/mol. The van der Waals surface area contributed by atoms with Gasteiger partial charge in [0.05, 0.1) is 12.6 Å². The lowest BCUT2D eigenvalue weighted by Gasteiger charge is -2.37. The van der Waals surface area contributed by atoms with Crippen LogP contribution in [0.3, 0.4) is 0 Å². The molecule has 1 aliphatic carbocycles. The Hall–Kier alpha value is -2.45. The van der Waals surface area contributed by atoms with Crippen LogP contribution in [0.15, 0.2) is 35.7 Å². The number of nitrogens with zero attached hydrogens (tertiary/aromatic N) is 2. The summed E-state index contributed by atoms with van der Waals surface area (Å²) < 4.78 is 24.1. The third kappa shape index (κ3) is 5.43. The standard InChI is InChI=1S/C23H27FN2O4S/c1-29-15-23(28)25(12-16-2-3-16)13-22(27)26-10-8-21-19(9-11-31-21)20(26)14-30-18-6-4-17(24)5-7-18/h4-7,9,11,16,20H,2-3,8,10,12-15H2,1H3/t20-/m0/s1. The lowest BCUT2D eigenvalue weighted by molar-refractivity contribution is -0.144. The van der Waals surface area contributed by atoms with Crippen LogP contribution in [-0.4, -0.2) is 61.6 Å². The van der Waals surface area contributed by atoms with E-state index in [1.54, 1.807) is 28.4 Å². The third-order valence-corrected chi connectivity index (χ3v) is 6.76. The summed E-state index contributed by atoms with van der Waals surface area (Å²) in [4.78, 5) is 30.5. The van der Waals surface area contributed by atoms with Gasteiger partial charge in [-0.3, -0.25) is 9.59 Å². The minimum Gasteiger partial charge on any atom is -0.491 e. The number of thiophene rings is 1. The van der Waals surface area contributed by atoms with E-state index in [2.05, 4.69) is 0 Å². The van der Waals surface area contributed by atoms with Crippen LogP contribution in [0.25, 0.3) is 0 Å². The van der Waals surface area contributed by atoms with E-state index in [0.29, 0.717) is 24.8 Å². The fourth-order valence-corrected chi connectivity index (χ4v) is 4.84. The Morgan fingerprint density at radius 1 is 1.23 bits per heavy atom. The van der Waals surface area contributed by atoms with E-state index in [1.807, 2.05) is 16.3 Å². The minimum atomic E-state index is -0.321. The highest BCUT2D eigenvalue weighted by Crippen LogP contribution is 2.34. The number of carbonyl (C=O) groups is 2. The number of rotatable bonds is 9. The van der Waals surface area contributed by atoms with E-state index >= 15 is 0 Å². The summed E-state index contributed by atoms with van der Waals surface area (Å²) >= 11 is 1.68. The van der Waals surface area contributed by atoms with Crippen LogP contribution in [0.5, 0.6) is 5.75 Å². The second-order valence-corrected chi connectivity index (χ2v) is 9.07. The monoisotopic (exact) mass is 446 g/mol. The topological polar surface area (TPSA) is 59.1 Å². The summed E-state index contributed by atoms with van der Waals surface area (Å²) in [6, 6.07) is 7.67. The normalized spacial score (nSPS) is 17.9. The van der Waals surface area contributed by atoms with Crippen molar-refractivity contribution in [3.05, 3.63) is 52.0 Å². The van der Waals surface area contributed by atoms with Crippen molar-refractivity contribution in [1.29, 1.82) is 0 Å². The molecular weight excluding hydrogens is 419 g/mol. The average Bonchev–Trinajstić information content (AvgIpc) is 3.45. The van der Waals surface area contributed by atoms with E-state index < -0.39 is 0 Å². The molecule has 0 bridgehead atoms. The Kier molecular flexibility index (Phi) is 6.87. The van der Waals surface area contributed by atoms with Crippen LogP contribution >= 0.6 is 11.3 Å². The first-order chi connectivity index (χ1) is 15.0. The summed E-state index contributed by atoms with van der Waals surface area (Å²) in [6.45, 7) is 1.48. The number of hydrogen-bond donors (Lipinski definition) is 0. The molecular formula is C23H27FN2O4S. The van der Waals surface area contributed by atoms with Crippen LogP contribution in [0, 0.1) is 11.7 Å². The van der Waals surface area contributed by atoms with Gasteiger partial charge in [-0.05, 0) is 66.5 Å². The van der Waals surface area contributed by atoms with Crippen molar-refractivity contribution in [2.24, 2.45) is 5.92 Å². The lowest BCUT2D eigenvalue weighted by Crippen LogP contribution is -2.48. The van der Waals surface area contributed by atoms with E-state index in [4.69, 9.17) is 9.47 Å². The van der Waals surface area contributed by atoms with Gasteiger partial charge in [-0.25, -0.2) is 4.39 Å². The van der Waals surface area contributed by atoms with Crippen molar-refractivity contribution in [3.8, 4) is 5.75 Å². The van der Waals surface area contributed by atoms with Crippen molar-refractivity contribution in [1.82, 2.24) is 9.80 Å². The second kappa shape index (κ2) is 9.78. The van der Waals surface area contributed by atoms with Crippen LogP contribution in [0.2, 0.25) is 0 Å². The van der Waals surface area contributed by atoms with Crippen molar-refractivity contribution < 1.29 is 23.5 Å². The molecule has 4 rings (SSSR count). The lowest BCUT2D eigenvalue weighted by atomic mass is 10.0. The maximum Gasteiger partial charge on any atom is 0.249 e. The second-order valence-electron chi connectivity index (χ2n) is 8.07. The minimum absolute atomic E-state index is 0.0220. The third-order valence-electron chi connectivity index (χ3n) is 5.76. The summed E-state index contributed by atoms with van der Waals surface area (Å²) in [6.07, 6.45) is 2.99. The van der Waals surface area contributed by atoms with Gasteiger partial charge < -0.3 is 19.3 Å². The molecule has 1 aromatic carbocycles. The first kappa shape index (κ1) is 21.8. The van der Waals surface area contributed by atoms with Crippen LogP contribution in [-0.2, 0) is 20.7 Å². The molecule has 2 heterocycles. The van der Waals surface area contributed by atoms with E-state index in [-0.39, 0.29) is 43.4 Å². The molecule has 0 N–H and O–H groups in total. The van der Waals surface area contributed by atoms with Crippen LogP contribution in [0.1, 0.15) is 29.3 Å². The Morgan fingerprint density at radius 3 is 2.71 bits per heavy atom. The molecule has 0 saturated heterocycles. The summed E-state index contributed by atoms with van der Waals surface area (Å²) in [5.41, 5.74) is 1.09. The summed E-state index contributed by atoms with van der Waals surface area (Å²) in [5.74, 6) is 0.473. The highest BCUT2D eigenvalue weighted by atomic mass is 32.1. The molecule has 2 aliphatic rings. The molecule has 1 saturated carbocycles. The number of ether oxygens (including phenoxy) is 2. The van der Waals surface area contributed by atoms with Gasteiger partial charge in [0.15, 0.2) is 0 Å². The number of fused-ring (bicyclic) bond motifs is 1. The molecule has 0 unspecified atom stereocenters. The molecule has 1 atom stereocenters. The molecule has 0 radical (unpaired) electrons. The first-order valence-corrected chi connectivity index (χ1v) is 11.4. The van der Waals surface area contributed by atoms with E-state index in [1.165, 1.54) is 24.1 Å². The van der Waals surface area contributed by atoms with Gasteiger partial charge in [-0.2, -0.15) is 0 Å². The number of halogens is 1. The molecule has 2 amide bonds. The fraction of sp³-hybridized carbons (Fsp3) is 0.478. The zero-order valence-corrected chi connectivity index (χ0v) is 18.4. The Morgan fingerprint density at radius 2 is 2.00 bits per heavy atom. The van der Waals surface area contributed by atoms with Gasteiger partial charge in [-0.1, -0.05) is 0 Å². The number of hydrogen-bond acceptors (Lipinski definition) is 5. The predicted octanol–water partition coefficient (Wildman–Crippen LogP) is 3.28. The highest BCUT2D eigenvalue weighted by molar-refractivity contribution is 7.10. The molecule has 31 heavy (non-hydrogen) atoms. The molecule has 1 aliphatic heterocycles. The van der Waals surface area contributed by atoms with Gasteiger partial charge in [-0.15, -0.1) is 11.3 Å². The van der Waals surface area contributed by atoms with Crippen molar-refractivity contribution in [2.75, 3.05) is 40.0 Å². The van der Waals surface area contributed by atoms with Gasteiger partial charge in [0.25, 0.3) is 0 Å². The fourth-order valence-electron chi connectivity index (χ4n) is 3.92. The highest BCUT2D eigenvalue weighted by Gasteiger charge is 2.34. The maximum atomic E-state index is 13.3. The molecule has 1 fully saturated rings. The van der Waals surface area contributed by atoms with Gasteiger partial charge in [0.2, 0.25) is 11.8 Å². The molecule has 0 spiro atoms. The Bertz CT molecular complexity index is 913. The molecule has 166 valence electrons. The SMILES string of the molecule is COCC(=O)N(CC(=O)N1CCc2sccc2[C@@H]1COc1ccc(F)cc1)CC1CC1.